The van der Waals surface area contributed by atoms with E-state index < -0.39 is 109 Å². The molecule has 0 saturated carbocycles. The summed E-state index contributed by atoms with van der Waals surface area (Å²) in [6.07, 6.45) is -8.65. The van der Waals surface area contributed by atoms with Crippen molar-refractivity contribution in [3.8, 4) is 5.75 Å². The molecule has 44 heavy (non-hydrogen) atoms. The number of carboxylic acids is 2. The number of rotatable bonds is 13. The maximum absolute atomic E-state index is 13.4. The Balaban J connectivity index is 1.86. The van der Waals surface area contributed by atoms with Crippen molar-refractivity contribution >= 4 is 35.7 Å². The van der Waals surface area contributed by atoms with Gasteiger partial charge in [0.1, 0.15) is 42.2 Å². The second-order valence-corrected chi connectivity index (χ2v) is 10.4. The topological polar surface area (TPSA) is 320 Å². The number of hydrogen-bond acceptors (Lipinski definition) is 13. The molecule has 0 aromatic carbocycles. The van der Waals surface area contributed by atoms with E-state index in [2.05, 4.69) is 20.9 Å². The number of pyridine rings is 1. The van der Waals surface area contributed by atoms with Crippen LogP contribution >= 0.6 is 0 Å². The second kappa shape index (κ2) is 14.4. The number of aliphatic hydroxyl groups excluding tert-OH is 3. The summed E-state index contributed by atoms with van der Waals surface area (Å²) >= 11 is 0. The molecule has 0 aliphatic carbocycles. The Hall–Kier alpha value is -4.43. The molecule has 2 aliphatic rings. The highest BCUT2D eigenvalue weighted by Gasteiger charge is 2.53. The number of aliphatic hydroxyl groups is 3. The van der Waals surface area contributed by atoms with E-state index in [0.29, 0.717) is 0 Å². The Morgan fingerprint density at radius 2 is 1.80 bits per heavy atom. The van der Waals surface area contributed by atoms with Gasteiger partial charge in [0.25, 0.3) is 0 Å². The predicted molar refractivity (Wildman–Crippen MR) is 142 cm³/mol. The molecule has 1 aromatic heterocycles. The van der Waals surface area contributed by atoms with Gasteiger partial charge in [-0.1, -0.05) is 6.92 Å². The molecule has 5 amide bonds. The molecule has 1 aromatic rings. The number of amides is 5. The molecule has 242 valence electrons. The average Bonchev–Trinajstić information content (AvgIpc) is 3.25. The fraction of sp³-hybridized carbons (Fsp3) is 0.560. The molecule has 2 saturated heterocycles. The normalized spacial score (nSPS) is 26.7. The van der Waals surface area contributed by atoms with Crippen molar-refractivity contribution in [2.24, 2.45) is 17.6 Å². The highest BCUT2D eigenvalue weighted by Crippen LogP contribution is 2.30. The molecule has 12 N–H and O–H groups in total. The molecule has 19 heteroatoms. The van der Waals surface area contributed by atoms with Gasteiger partial charge in [-0.05, 0) is 18.6 Å². The third kappa shape index (κ3) is 7.94. The smallest absolute Gasteiger partial charge is 0.326 e. The molecule has 3 rings (SSSR count). The van der Waals surface area contributed by atoms with Crippen LogP contribution in [0.15, 0.2) is 18.3 Å². The van der Waals surface area contributed by atoms with Crippen LogP contribution in [0.5, 0.6) is 5.75 Å². The first-order valence-electron chi connectivity index (χ1n) is 13.4. The molecule has 10 atom stereocenters. The molecular formula is C25H34N6O13. The van der Waals surface area contributed by atoms with Crippen LogP contribution in [0.4, 0.5) is 4.79 Å². The fourth-order valence-electron chi connectivity index (χ4n) is 4.76. The zero-order valence-corrected chi connectivity index (χ0v) is 23.2. The SMILES string of the molecule is CC(C(N)C(=O)NC(C(=O)NC(CCC(=O)O)C(=O)O)C1OC(C2CNC(=O)NC2=O)C(O)C1O)C(O)c1ccc(O)cn1. The highest BCUT2D eigenvalue weighted by molar-refractivity contribution is 5.98. The van der Waals surface area contributed by atoms with Crippen molar-refractivity contribution in [3.63, 3.8) is 0 Å². The summed E-state index contributed by atoms with van der Waals surface area (Å²) in [6.45, 7) is 1.07. The molecule has 10 unspecified atom stereocenters. The number of imide groups is 1. The standard InChI is InChI=1S/C25H34N6O13/c1-8(16(35)11-3-2-9(32)6-27-11)14(26)22(39)30-15(23(40)29-12(24(41)42)4-5-13(33)34)20-18(37)17(36)19(44-20)10-7-28-25(43)31-21(10)38/h2-3,6,8,10,12,14-20,32,35-37H,4-5,7,26H2,1H3,(H,29,40)(H,30,39)(H,33,34)(H,41,42)(H2,28,31,38,43). The minimum absolute atomic E-state index is 0.0499. The lowest BCUT2D eigenvalue weighted by atomic mass is 9.91. The third-order valence-corrected chi connectivity index (χ3v) is 7.40. The quantitative estimate of drug-likeness (QED) is 0.0985. The van der Waals surface area contributed by atoms with E-state index in [1.165, 1.54) is 19.1 Å². The van der Waals surface area contributed by atoms with Gasteiger partial charge in [-0.3, -0.25) is 29.5 Å². The monoisotopic (exact) mass is 626 g/mol. The van der Waals surface area contributed by atoms with Crippen molar-refractivity contribution < 1.29 is 64.1 Å². The summed E-state index contributed by atoms with van der Waals surface area (Å²) in [5.41, 5.74) is 6.11. The Morgan fingerprint density at radius 3 is 2.36 bits per heavy atom. The minimum Gasteiger partial charge on any atom is -0.506 e. The van der Waals surface area contributed by atoms with E-state index in [1.807, 2.05) is 5.32 Å². The number of aromatic nitrogens is 1. The van der Waals surface area contributed by atoms with Crippen molar-refractivity contribution in [2.45, 2.75) is 68.4 Å². The van der Waals surface area contributed by atoms with Gasteiger partial charge in [-0.15, -0.1) is 0 Å². The van der Waals surface area contributed by atoms with Crippen LogP contribution in [0.1, 0.15) is 31.6 Å². The number of urea groups is 1. The number of aliphatic carboxylic acids is 2. The Labute approximate surface area is 248 Å². The average molecular weight is 627 g/mol. The highest BCUT2D eigenvalue weighted by atomic mass is 16.5. The van der Waals surface area contributed by atoms with Gasteiger partial charge in [0, 0.05) is 18.9 Å². The van der Waals surface area contributed by atoms with Crippen LogP contribution < -0.4 is 27.0 Å². The van der Waals surface area contributed by atoms with Gasteiger partial charge in [0.05, 0.1) is 30.0 Å². The zero-order valence-electron chi connectivity index (χ0n) is 23.2. The molecule has 0 radical (unpaired) electrons. The summed E-state index contributed by atoms with van der Waals surface area (Å²) in [7, 11) is 0. The molecule has 2 aliphatic heterocycles. The number of carbonyl (C=O) groups is 6. The van der Waals surface area contributed by atoms with Gasteiger partial charge in [-0.2, -0.15) is 0 Å². The first-order valence-corrected chi connectivity index (χ1v) is 13.4. The van der Waals surface area contributed by atoms with E-state index in [1.54, 1.807) is 0 Å². The van der Waals surface area contributed by atoms with Gasteiger partial charge >= 0.3 is 18.0 Å². The number of nitrogens with one attached hydrogen (secondary N) is 4. The summed E-state index contributed by atoms with van der Waals surface area (Å²) in [6, 6.07) is -3.56. The number of aromatic hydroxyl groups is 1. The largest absolute Gasteiger partial charge is 0.506 e. The third-order valence-electron chi connectivity index (χ3n) is 7.40. The predicted octanol–water partition coefficient (Wildman–Crippen LogP) is -4.35. The number of nitrogens with zero attached hydrogens (tertiary/aromatic N) is 1. The number of carbonyl (C=O) groups excluding carboxylic acids is 4. The molecule has 19 nitrogen and oxygen atoms in total. The summed E-state index contributed by atoms with van der Waals surface area (Å²) in [5, 5.41) is 68.7. The lowest BCUT2D eigenvalue weighted by Crippen LogP contribution is -2.61. The van der Waals surface area contributed by atoms with Crippen molar-refractivity contribution in [1.82, 2.24) is 26.3 Å². The number of nitrogens with two attached hydrogens (primary N) is 1. The Kier molecular flexibility index (Phi) is 11.1. The zero-order chi connectivity index (χ0) is 32.9. The van der Waals surface area contributed by atoms with E-state index in [-0.39, 0.29) is 18.0 Å². The van der Waals surface area contributed by atoms with Crippen LogP contribution in [0.2, 0.25) is 0 Å². The van der Waals surface area contributed by atoms with E-state index in [4.69, 9.17) is 15.6 Å². The number of ether oxygens (including phenoxy) is 1. The Morgan fingerprint density at radius 1 is 1.11 bits per heavy atom. The molecule has 0 bridgehead atoms. The van der Waals surface area contributed by atoms with E-state index >= 15 is 0 Å². The lowest BCUT2D eigenvalue weighted by molar-refractivity contribution is -0.145. The lowest BCUT2D eigenvalue weighted by Gasteiger charge is -2.31. The van der Waals surface area contributed by atoms with Crippen LogP contribution in [0, 0.1) is 11.8 Å². The van der Waals surface area contributed by atoms with Crippen LogP contribution in [-0.2, 0) is 28.7 Å². The molecule has 0 spiro atoms. The first-order chi connectivity index (χ1) is 20.6. The van der Waals surface area contributed by atoms with Crippen LogP contribution in [0.3, 0.4) is 0 Å². The van der Waals surface area contributed by atoms with E-state index in [0.717, 1.165) is 6.20 Å². The first kappa shape index (κ1) is 34.1. The number of hydrogen-bond donors (Lipinski definition) is 11. The minimum atomic E-state index is -1.97. The van der Waals surface area contributed by atoms with Crippen molar-refractivity contribution in [3.05, 3.63) is 24.0 Å². The molecule has 3 heterocycles. The maximum atomic E-state index is 13.4. The van der Waals surface area contributed by atoms with Crippen LogP contribution in [0.25, 0.3) is 0 Å². The Bertz CT molecular complexity index is 1260. The van der Waals surface area contributed by atoms with Gasteiger partial charge in [-0.25, -0.2) is 9.59 Å². The second-order valence-electron chi connectivity index (χ2n) is 10.4. The van der Waals surface area contributed by atoms with E-state index in [9.17, 15) is 54.3 Å². The number of carboxylic acid groups (broad SMARTS) is 2. The summed E-state index contributed by atoms with van der Waals surface area (Å²) < 4.78 is 5.67. The maximum Gasteiger partial charge on any atom is 0.326 e. The van der Waals surface area contributed by atoms with Crippen molar-refractivity contribution in [1.29, 1.82) is 0 Å². The summed E-state index contributed by atoms with van der Waals surface area (Å²) in [5.74, 6) is -8.67. The van der Waals surface area contributed by atoms with Gasteiger partial charge < -0.3 is 57.1 Å². The van der Waals surface area contributed by atoms with Gasteiger partial charge in [0.2, 0.25) is 17.7 Å². The van der Waals surface area contributed by atoms with Crippen molar-refractivity contribution in [2.75, 3.05) is 6.54 Å². The fourth-order valence-corrected chi connectivity index (χ4v) is 4.76. The van der Waals surface area contributed by atoms with Crippen LogP contribution in [-0.4, -0.2) is 120 Å². The molecule has 2 fully saturated rings. The van der Waals surface area contributed by atoms with Gasteiger partial charge in [0.15, 0.2) is 0 Å². The summed E-state index contributed by atoms with van der Waals surface area (Å²) in [4.78, 5) is 77.0. The molecular weight excluding hydrogens is 592 g/mol.